The Morgan fingerprint density at radius 3 is 2.14 bits per heavy atom. The monoisotopic (exact) mass is 194 g/mol. The van der Waals surface area contributed by atoms with Gasteiger partial charge in [0.15, 0.2) is 0 Å². The van der Waals surface area contributed by atoms with Gasteiger partial charge in [0.2, 0.25) is 0 Å². The first-order chi connectivity index (χ1) is 6.54. The van der Waals surface area contributed by atoms with E-state index in [9.17, 15) is 0 Å². The zero-order valence-electron chi connectivity index (χ0n) is 9.47. The van der Waals surface area contributed by atoms with Crippen molar-refractivity contribution in [3.8, 4) is 0 Å². The van der Waals surface area contributed by atoms with Crippen LogP contribution in [0, 0.1) is 13.8 Å². The van der Waals surface area contributed by atoms with Crippen molar-refractivity contribution < 1.29 is 0 Å². The van der Waals surface area contributed by atoms with Crippen LogP contribution in [0.1, 0.15) is 25.2 Å². The minimum Gasteiger partial charge on any atom is -0.373 e. The molecular weight excluding hydrogens is 176 g/mol. The highest BCUT2D eigenvalue weighted by molar-refractivity contribution is 5.57. The first-order valence-corrected chi connectivity index (χ1v) is 4.84. The van der Waals surface area contributed by atoms with Crippen molar-refractivity contribution in [2.45, 2.75) is 33.7 Å². The zero-order valence-corrected chi connectivity index (χ0v) is 9.47. The number of hydrogen-bond donors (Lipinski definition) is 2. The summed E-state index contributed by atoms with van der Waals surface area (Å²) >= 11 is 0. The molecule has 0 spiro atoms. The molecule has 0 aliphatic rings. The maximum Gasteiger partial charge on any atom is 0.134 e. The van der Waals surface area contributed by atoms with Gasteiger partial charge in [0.05, 0.1) is 0 Å². The Hall–Kier alpha value is -1.32. The normalized spacial score (nSPS) is 10.4. The maximum atomic E-state index is 4.36. The Morgan fingerprint density at radius 2 is 1.64 bits per heavy atom. The smallest absolute Gasteiger partial charge is 0.134 e. The van der Waals surface area contributed by atoms with Crippen molar-refractivity contribution in [1.82, 2.24) is 9.97 Å². The third-order valence-corrected chi connectivity index (χ3v) is 1.92. The summed E-state index contributed by atoms with van der Waals surface area (Å²) in [5.74, 6) is 2.58. The predicted molar refractivity (Wildman–Crippen MR) is 59.8 cm³/mol. The molecule has 1 rings (SSSR count). The standard InChI is InChI=1S/C10H18N4/c1-6(2)12-10-7(3)9(11-5)13-8(4)14-10/h6H,1-5H3,(H2,11,12,13,14). The average Bonchev–Trinajstić information content (AvgIpc) is 2.09. The van der Waals surface area contributed by atoms with Crippen molar-refractivity contribution in [2.24, 2.45) is 0 Å². The summed E-state index contributed by atoms with van der Waals surface area (Å²) in [5.41, 5.74) is 1.06. The number of anilines is 2. The minimum atomic E-state index is 0.382. The molecule has 0 fully saturated rings. The van der Waals surface area contributed by atoms with Crippen LogP contribution in [0.2, 0.25) is 0 Å². The van der Waals surface area contributed by atoms with Crippen molar-refractivity contribution in [3.63, 3.8) is 0 Å². The number of rotatable bonds is 3. The van der Waals surface area contributed by atoms with Crippen LogP contribution in [0.25, 0.3) is 0 Å². The van der Waals surface area contributed by atoms with E-state index in [0.29, 0.717) is 6.04 Å². The summed E-state index contributed by atoms with van der Waals surface area (Å²) in [4.78, 5) is 8.66. The van der Waals surface area contributed by atoms with Crippen LogP contribution in [0.5, 0.6) is 0 Å². The van der Waals surface area contributed by atoms with Crippen LogP contribution in [-0.2, 0) is 0 Å². The first-order valence-electron chi connectivity index (χ1n) is 4.84. The van der Waals surface area contributed by atoms with Gasteiger partial charge in [-0.1, -0.05) is 0 Å². The molecule has 14 heavy (non-hydrogen) atoms. The highest BCUT2D eigenvalue weighted by Gasteiger charge is 2.08. The largest absolute Gasteiger partial charge is 0.373 e. The molecule has 2 N–H and O–H groups in total. The number of hydrogen-bond acceptors (Lipinski definition) is 4. The highest BCUT2D eigenvalue weighted by atomic mass is 15.1. The van der Waals surface area contributed by atoms with Crippen LogP contribution >= 0.6 is 0 Å². The molecule has 4 nitrogen and oxygen atoms in total. The van der Waals surface area contributed by atoms with E-state index in [0.717, 1.165) is 23.0 Å². The van der Waals surface area contributed by atoms with E-state index in [-0.39, 0.29) is 0 Å². The van der Waals surface area contributed by atoms with E-state index in [1.54, 1.807) is 0 Å². The Labute approximate surface area is 85.2 Å². The summed E-state index contributed by atoms with van der Waals surface area (Å²) < 4.78 is 0. The van der Waals surface area contributed by atoms with Gasteiger partial charge in [-0.15, -0.1) is 0 Å². The van der Waals surface area contributed by atoms with Gasteiger partial charge in [-0.25, -0.2) is 9.97 Å². The molecule has 1 heterocycles. The van der Waals surface area contributed by atoms with Gasteiger partial charge < -0.3 is 10.6 Å². The molecule has 4 heteroatoms. The number of aryl methyl sites for hydroxylation is 1. The lowest BCUT2D eigenvalue weighted by molar-refractivity contribution is 0.876. The summed E-state index contributed by atoms with van der Waals surface area (Å²) in [6.07, 6.45) is 0. The van der Waals surface area contributed by atoms with Gasteiger partial charge in [0.25, 0.3) is 0 Å². The molecule has 0 bridgehead atoms. The van der Waals surface area contributed by atoms with Gasteiger partial charge in [0, 0.05) is 18.7 Å². The minimum absolute atomic E-state index is 0.382. The van der Waals surface area contributed by atoms with Gasteiger partial charge in [-0.2, -0.15) is 0 Å². The Kier molecular flexibility index (Phi) is 3.28. The second-order valence-corrected chi connectivity index (χ2v) is 3.64. The number of nitrogens with zero attached hydrogens (tertiary/aromatic N) is 2. The Morgan fingerprint density at radius 1 is 1.07 bits per heavy atom. The van der Waals surface area contributed by atoms with Crippen LogP contribution in [0.15, 0.2) is 0 Å². The van der Waals surface area contributed by atoms with Crippen molar-refractivity contribution >= 4 is 11.6 Å². The van der Waals surface area contributed by atoms with Crippen molar-refractivity contribution in [3.05, 3.63) is 11.4 Å². The lowest BCUT2D eigenvalue weighted by Crippen LogP contribution is -2.14. The van der Waals surface area contributed by atoms with Crippen molar-refractivity contribution in [1.29, 1.82) is 0 Å². The van der Waals surface area contributed by atoms with Crippen LogP contribution in [0.3, 0.4) is 0 Å². The van der Waals surface area contributed by atoms with Gasteiger partial charge >= 0.3 is 0 Å². The second-order valence-electron chi connectivity index (χ2n) is 3.64. The highest BCUT2D eigenvalue weighted by Crippen LogP contribution is 2.19. The summed E-state index contributed by atoms with van der Waals surface area (Å²) in [6.45, 7) is 8.09. The third kappa shape index (κ3) is 2.34. The molecule has 0 atom stereocenters. The van der Waals surface area contributed by atoms with Gasteiger partial charge in [-0.3, -0.25) is 0 Å². The fraction of sp³-hybridized carbons (Fsp3) is 0.600. The molecule has 0 unspecified atom stereocenters. The molecule has 0 saturated heterocycles. The van der Waals surface area contributed by atoms with E-state index < -0.39 is 0 Å². The Bertz CT molecular complexity index is 320. The number of aromatic nitrogens is 2. The fourth-order valence-corrected chi connectivity index (χ4v) is 1.29. The molecule has 0 aromatic carbocycles. The summed E-state index contributed by atoms with van der Waals surface area (Å²) in [6, 6.07) is 0.382. The van der Waals surface area contributed by atoms with Gasteiger partial charge in [0.1, 0.15) is 17.5 Å². The van der Waals surface area contributed by atoms with Crippen LogP contribution < -0.4 is 10.6 Å². The SMILES string of the molecule is CNc1nc(C)nc(NC(C)C)c1C. The van der Waals surface area contributed by atoms with Crippen LogP contribution in [-0.4, -0.2) is 23.1 Å². The average molecular weight is 194 g/mol. The molecule has 78 valence electrons. The fourth-order valence-electron chi connectivity index (χ4n) is 1.29. The van der Waals surface area contributed by atoms with E-state index in [4.69, 9.17) is 0 Å². The first kappa shape index (κ1) is 10.8. The Balaban J connectivity index is 3.08. The molecule has 1 aromatic heterocycles. The molecular formula is C10H18N4. The quantitative estimate of drug-likeness (QED) is 0.772. The second kappa shape index (κ2) is 4.26. The molecule has 0 saturated carbocycles. The number of nitrogens with one attached hydrogen (secondary N) is 2. The van der Waals surface area contributed by atoms with Gasteiger partial charge in [-0.05, 0) is 27.7 Å². The summed E-state index contributed by atoms with van der Waals surface area (Å²) in [5, 5.41) is 6.36. The maximum absolute atomic E-state index is 4.36. The van der Waals surface area contributed by atoms with E-state index in [1.807, 2.05) is 20.9 Å². The molecule has 0 aliphatic heterocycles. The predicted octanol–water partition coefficient (Wildman–Crippen LogP) is 1.96. The lowest BCUT2D eigenvalue weighted by Gasteiger charge is -2.14. The molecule has 0 radical (unpaired) electrons. The van der Waals surface area contributed by atoms with E-state index in [2.05, 4.69) is 34.4 Å². The van der Waals surface area contributed by atoms with Crippen molar-refractivity contribution in [2.75, 3.05) is 17.7 Å². The zero-order chi connectivity index (χ0) is 10.7. The molecule has 0 aliphatic carbocycles. The summed E-state index contributed by atoms with van der Waals surface area (Å²) in [7, 11) is 1.87. The molecule has 0 amide bonds. The van der Waals surface area contributed by atoms with Crippen LogP contribution in [0.4, 0.5) is 11.6 Å². The third-order valence-electron chi connectivity index (χ3n) is 1.92. The topological polar surface area (TPSA) is 49.8 Å². The van der Waals surface area contributed by atoms with E-state index in [1.165, 1.54) is 0 Å². The molecule has 1 aromatic rings. The lowest BCUT2D eigenvalue weighted by atomic mass is 10.3. The van der Waals surface area contributed by atoms with E-state index >= 15 is 0 Å².